The van der Waals surface area contributed by atoms with Gasteiger partial charge in [0.15, 0.2) is 17.3 Å². The Morgan fingerprint density at radius 1 is 1.11 bits per heavy atom. The highest BCUT2D eigenvalue weighted by atomic mass is 35.5. The van der Waals surface area contributed by atoms with Crippen LogP contribution in [0.5, 0.6) is 0 Å². The van der Waals surface area contributed by atoms with Crippen LogP contribution in [0.25, 0.3) is 11.3 Å². The molecule has 1 N–H and O–H groups in total. The van der Waals surface area contributed by atoms with Gasteiger partial charge in [-0.2, -0.15) is 5.10 Å². The van der Waals surface area contributed by atoms with E-state index in [1.165, 1.54) is 0 Å². The van der Waals surface area contributed by atoms with Gasteiger partial charge in [0.25, 0.3) is 5.91 Å². The van der Waals surface area contributed by atoms with E-state index in [0.29, 0.717) is 23.1 Å². The van der Waals surface area contributed by atoms with E-state index in [2.05, 4.69) is 15.6 Å². The highest BCUT2D eigenvalue weighted by Gasteiger charge is 2.16. The molecule has 0 radical (unpaired) electrons. The Labute approximate surface area is 166 Å². The number of nitrogens with zero attached hydrogens (tertiary/aromatic N) is 3. The van der Waals surface area contributed by atoms with Gasteiger partial charge in [-0.15, -0.1) is 0 Å². The molecule has 0 fully saturated rings. The zero-order valence-corrected chi connectivity index (χ0v) is 15.8. The van der Waals surface area contributed by atoms with Gasteiger partial charge in [-0.25, -0.2) is 0 Å². The lowest BCUT2D eigenvalue weighted by Gasteiger charge is -2.06. The van der Waals surface area contributed by atoms with Gasteiger partial charge in [0, 0.05) is 28.4 Å². The minimum Gasteiger partial charge on any atom is -0.355 e. The molecule has 2 heterocycles. The number of hydrogen-bond acceptors (Lipinski definition) is 4. The molecule has 28 heavy (non-hydrogen) atoms. The molecule has 0 atom stereocenters. The molecule has 2 aromatic heterocycles. The second-order valence-electron chi connectivity index (χ2n) is 6.32. The van der Waals surface area contributed by atoms with Gasteiger partial charge in [-0.1, -0.05) is 65.3 Å². The Morgan fingerprint density at radius 2 is 1.86 bits per heavy atom. The predicted molar refractivity (Wildman–Crippen MR) is 107 cm³/mol. The molecular formula is C21H17ClN4O2. The summed E-state index contributed by atoms with van der Waals surface area (Å²) >= 11 is 6.22. The van der Waals surface area contributed by atoms with Crippen LogP contribution in [-0.4, -0.2) is 20.8 Å². The summed E-state index contributed by atoms with van der Waals surface area (Å²) in [6.45, 7) is 2.44. The van der Waals surface area contributed by atoms with E-state index in [9.17, 15) is 4.79 Å². The molecule has 4 aromatic rings. The van der Waals surface area contributed by atoms with Crippen LogP contribution in [0.1, 0.15) is 21.7 Å². The van der Waals surface area contributed by atoms with Gasteiger partial charge < -0.3 is 9.84 Å². The van der Waals surface area contributed by atoms with Crippen molar-refractivity contribution in [3.63, 3.8) is 0 Å². The molecule has 0 bridgehead atoms. The van der Waals surface area contributed by atoms with Crippen LogP contribution in [0.2, 0.25) is 5.02 Å². The molecule has 0 unspecified atom stereocenters. The summed E-state index contributed by atoms with van der Waals surface area (Å²) in [6, 6.07) is 20.5. The molecule has 7 heteroatoms. The first kappa shape index (κ1) is 18.0. The van der Waals surface area contributed by atoms with Crippen molar-refractivity contribution in [3.05, 3.63) is 88.7 Å². The molecule has 1 amide bonds. The molecule has 0 saturated heterocycles. The minimum absolute atomic E-state index is 0.192. The maximum absolute atomic E-state index is 12.5. The highest BCUT2D eigenvalue weighted by molar-refractivity contribution is 6.31. The number of carbonyl (C=O) groups excluding carboxylic acids is 1. The van der Waals surface area contributed by atoms with Crippen molar-refractivity contribution >= 4 is 23.3 Å². The van der Waals surface area contributed by atoms with E-state index in [4.69, 9.17) is 16.1 Å². The molecule has 0 aliphatic heterocycles. The van der Waals surface area contributed by atoms with E-state index in [-0.39, 0.29) is 11.6 Å². The minimum atomic E-state index is -0.381. The van der Waals surface area contributed by atoms with Crippen molar-refractivity contribution in [2.45, 2.75) is 13.5 Å². The van der Waals surface area contributed by atoms with Crippen LogP contribution in [0, 0.1) is 6.92 Å². The van der Waals surface area contributed by atoms with E-state index in [1.54, 1.807) is 16.8 Å². The monoisotopic (exact) mass is 392 g/mol. The Bertz CT molecular complexity index is 1120. The van der Waals surface area contributed by atoms with Gasteiger partial charge in [-0.3, -0.25) is 9.48 Å². The third-order valence-corrected chi connectivity index (χ3v) is 4.67. The smallest absolute Gasteiger partial charge is 0.279 e. The second kappa shape index (κ2) is 7.70. The number of rotatable bonds is 5. The third kappa shape index (κ3) is 3.82. The highest BCUT2D eigenvalue weighted by Crippen LogP contribution is 2.21. The van der Waals surface area contributed by atoms with Crippen LogP contribution in [0.4, 0.5) is 5.82 Å². The van der Waals surface area contributed by atoms with Gasteiger partial charge in [0.2, 0.25) is 0 Å². The van der Waals surface area contributed by atoms with Crippen molar-refractivity contribution in [1.82, 2.24) is 14.9 Å². The molecular weight excluding hydrogens is 376 g/mol. The van der Waals surface area contributed by atoms with Crippen molar-refractivity contribution in [1.29, 1.82) is 0 Å². The van der Waals surface area contributed by atoms with E-state index in [0.717, 1.165) is 16.8 Å². The summed E-state index contributed by atoms with van der Waals surface area (Å²) in [7, 11) is 0. The summed E-state index contributed by atoms with van der Waals surface area (Å²) in [5, 5.41) is 11.7. The van der Waals surface area contributed by atoms with Crippen molar-refractivity contribution < 1.29 is 9.32 Å². The number of aromatic nitrogens is 3. The maximum Gasteiger partial charge on any atom is 0.279 e. The largest absolute Gasteiger partial charge is 0.355 e. The van der Waals surface area contributed by atoms with Crippen molar-refractivity contribution in [2.24, 2.45) is 0 Å². The zero-order valence-electron chi connectivity index (χ0n) is 15.1. The van der Waals surface area contributed by atoms with Crippen LogP contribution in [0.15, 0.2) is 71.3 Å². The summed E-state index contributed by atoms with van der Waals surface area (Å²) in [5.74, 6) is 0.596. The average Bonchev–Trinajstić information content (AvgIpc) is 3.32. The van der Waals surface area contributed by atoms with Crippen molar-refractivity contribution in [2.75, 3.05) is 5.32 Å². The normalized spacial score (nSPS) is 10.8. The molecule has 0 aliphatic carbocycles. The fourth-order valence-electron chi connectivity index (χ4n) is 2.82. The molecule has 140 valence electrons. The lowest BCUT2D eigenvalue weighted by Crippen LogP contribution is -2.13. The van der Waals surface area contributed by atoms with E-state index in [1.807, 2.05) is 61.5 Å². The van der Waals surface area contributed by atoms with E-state index < -0.39 is 0 Å². The number of carbonyl (C=O) groups is 1. The molecule has 0 aliphatic rings. The predicted octanol–water partition coefficient (Wildman–Crippen LogP) is 4.80. The zero-order chi connectivity index (χ0) is 19.5. The molecule has 2 aromatic carbocycles. The van der Waals surface area contributed by atoms with Crippen LogP contribution in [-0.2, 0) is 6.54 Å². The number of nitrogens with one attached hydrogen (secondary N) is 1. The summed E-state index contributed by atoms with van der Waals surface area (Å²) in [5.41, 5.74) is 2.91. The van der Waals surface area contributed by atoms with E-state index >= 15 is 0 Å². The fourth-order valence-corrected chi connectivity index (χ4v) is 3.02. The van der Waals surface area contributed by atoms with Gasteiger partial charge in [0.05, 0.1) is 6.54 Å². The summed E-state index contributed by atoms with van der Waals surface area (Å²) < 4.78 is 7.07. The topological polar surface area (TPSA) is 73.0 Å². The molecule has 0 spiro atoms. The molecule has 4 rings (SSSR count). The Morgan fingerprint density at radius 3 is 2.64 bits per heavy atom. The average molecular weight is 393 g/mol. The Kier molecular flexibility index (Phi) is 4.95. The second-order valence-corrected chi connectivity index (χ2v) is 6.72. The Hall–Kier alpha value is -3.38. The fraction of sp³-hybridized carbons (Fsp3) is 0.0952. The standard InChI is InChI=1S/C21H17ClN4O2/c1-14-11-20(24-26(14)13-16-9-5-6-10-17(16)22)23-21(27)18-12-19(28-25-18)15-7-3-2-4-8-15/h2-12H,13H2,1H3,(H,23,24,27). The van der Waals surface area contributed by atoms with Crippen LogP contribution >= 0.6 is 11.6 Å². The van der Waals surface area contributed by atoms with Gasteiger partial charge in [0.1, 0.15) is 0 Å². The first-order valence-electron chi connectivity index (χ1n) is 8.71. The van der Waals surface area contributed by atoms with Crippen LogP contribution in [0.3, 0.4) is 0 Å². The number of halogens is 1. The van der Waals surface area contributed by atoms with Gasteiger partial charge in [-0.05, 0) is 18.6 Å². The number of hydrogen-bond donors (Lipinski definition) is 1. The SMILES string of the molecule is Cc1cc(NC(=O)c2cc(-c3ccccc3)on2)nn1Cc1ccccc1Cl. The first-order chi connectivity index (χ1) is 13.6. The first-order valence-corrected chi connectivity index (χ1v) is 9.09. The summed E-state index contributed by atoms with van der Waals surface area (Å²) in [4.78, 5) is 12.5. The Balaban J connectivity index is 1.48. The lowest BCUT2D eigenvalue weighted by molar-refractivity contribution is 0.101. The van der Waals surface area contributed by atoms with Crippen LogP contribution < -0.4 is 5.32 Å². The maximum atomic E-state index is 12.5. The molecule has 0 saturated carbocycles. The lowest BCUT2D eigenvalue weighted by atomic mass is 10.1. The van der Waals surface area contributed by atoms with Crippen molar-refractivity contribution in [3.8, 4) is 11.3 Å². The number of benzene rings is 2. The quantitative estimate of drug-likeness (QED) is 0.529. The third-order valence-electron chi connectivity index (χ3n) is 4.30. The van der Waals surface area contributed by atoms with Gasteiger partial charge >= 0.3 is 0 Å². The summed E-state index contributed by atoms with van der Waals surface area (Å²) in [6.07, 6.45) is 0. The number of anilines is 1. The molecule has 6 nitrogen and oxygen atoms in total. The number of amides is 1. The number of aryl methyl sites for hydroxylation is 1.